The number of hydrogen-bond acceptors (Lipinski definition) is 5. The molecular weight excluding hydrogens is 236 g/mol. The van der Waals surface area contributed by atoms with Crippen LogP contribution >= 0.6 is 0 Å². The molecule has 0 bridgehead atoms. The summed E-state index contributed by atoms with van der Waals surface area (Å²) < 4.78 is 5.75. The van der Waals surface area contributed by atoms with Gasteiger partial charge < -0.3 is 9.84 Å². The van der Waals surface area contributed by atoms with Crippen molar-refractivity contribution >= 4 is 5.69 Å². The highest BCUT2D eigenvalue weighted by Crippen LogP contribution is 2.37. The fourth-order valence-corrected chi connectivity index (χ4v) is 2.21. The van der Waals surface area contributed by atoms with Gasteiger partial charge in [-0.3, -0.25) is 15.1 Å². The minimum Gasteiger partial charge on any atom is -0.393 e. The first-order valence-corrected chi connectivity index (χ1v) is 5.92. The van der Waals surface area contributed by atoms with Gasteiger partial charge in [0.15, 0.2) is 0 Å². The Morgan fingerprint density at radius 3 is 2.89 bits per heavy atom. The monoisotopic (exact) mass is 252 g/mol. The number of aliphatic hydroxyl groups excluding tert-OH is 1. The minimum absolute atomic E-state index is 0.0298. The molecule has 0 saturated carbocycles. The summed E-state index contributed by atoms with van der Waals surface area (Å²) in [6.07, 6.45) is 2.00. The van der Waals surface area contributed by atoms with Crippen molar-refractivity contribution in [3.63, 3.8) is 0 Å². The van der Waals surface area contributed by atoms with E-state index in [9.17, 15) is 15.2 Å². The molecule has 0 radical (unpaired) electrons. The standard InChI is InChI=1S/C12H16N2O4/c1-7-8(2)18-12(5-11(7)15)9-3-4-13-6-10(9)14(16)17/h3-4,6-8,11-12,15H,5H2,1-2H3/t7-,8?,11?,12?/m1/s1. The summed E-state index contributed by atoms with van der Waals surface area (Å²) in [5.41, 5.74) is 0.421. The molecule has 6 nitrogen and oxygen atoms in total. The Balaban J connectivity index is 2.30. The van der Waals surface area contributed by atoms with Gasteiger partial charge in [0.2, 0.25) is 0 Å². The summed E-state index contributed by atoms with van der Waals surface area (Å²) in [5, 5.41) is 20.9. The third-order valence-electron chi connectivity index (χ3n) is 3.56. The van der Waals surface area contributed by atoms with Crippen LogP contribution in [0, 0.1) is 16.0 Å². The molecule has 4 atom stereocenters. The number of pyridine rings is 1. The first-order valence-electron chi connectivity index (χ1n) is 5.92. The lowest BCUT2D eigenvalue weighted by molar-refractivity contribution is -0.386. The van der Waals surface area contributed by atoms with Crippen LogP contribution in [0.3, 0.4) is 0 Å². The molecular formula is C12H16N2O4. The van der Waals surface area contributed by atoms with Crippen molar-refractivity contribution in [3.05, 3.63) is 34.1 Å². The largest absolute Gasteiger partial charge is 0.393 e. The van der Waals surface area contributed by atoms with Gasteiger partial charge in [-0.05, 0) is 13.0 Å². The Kier molecular flexibility index (Phi) is 3.58. The summed E-state index contributed by atoms with van der Waals surface area (Å²) in [7, 11) is 0. The fraction of sp³-hybridized carbons (Fsp3) is 0.583. The van der Waals surface area contributed by atoms with Crippen LogP contribution in [0.15, 0.2) is 18.5 Å². The maximum absolute atomic E-state index is 10.9. The van der Waals surface area contributed by atoms with Gasteiger partial charge >= 0.3 is 0 Å². The molecule has 1 saturated heterocycles. The molecule has 0 aliphatic carbocycles. The quantitative estimate of drug-likeness (QED) is 0.641. The molecule has 1 aromatic heterocycles. The lowest BCUT2D eigenvalue weighted by Crippen LogP contribution is -2.37. The van der Waals surface area contributed by atoms with Crippen molar-refractivity contribution in [1.82, 2.24) is 4.98 Å². The van der Waals surface area contributed by atoms with Crippen LogP contribution in [0.2, 0.25) is 0 Å². The molecule has 0 amide bonds. The molecule has 1 N–H and O–H groups in total. The average Bonchev–Trinajstić information content (AvgIpc) is 2.35. The highest BCUT2D eigenvalue weighted by molar-refractivity contribution is 5.38. The van der Waals surface area contributed by atoms with E-state index in [0.717, 1.165) is 0 Å². The molecule has 3 unspecified atom stereocenters. The van der Waals surface area contributed by atoms with E-state index in [1.54, 1.807) is 6.07 Å². The van der Waals surface area contributed by atoms with E-state index in [4.69, 9.17) is 4.74 Å². The molecule has 18 heavy (non-hydrogen) atoms. The van der Waals surface area contributed by atoms with Crippen molar-refractivity contribution in [2.75, 3.05) is 0 Å². The topological polar surface area (TPSA) is 85.5 Å². The van der Waals surface area contributed by atoms with Gasteiger partial charge in [0, 0.05) is 18.5 Å². The van der Waals surface area contributed by atoms with Crippen LogP contribution in [0.5, 0.6) is 0 Å². The van der Waals surface area contributed by atoms with Crippen molar-refractivity contribution in [1.29, 1.82) is 0 Å². The molecule has 1 aromatic rings. The van der Waals surface area contributed by atoms with E-state index in [-0.39, 0.29) is 17.7 Å². The first kappa shape index (κ1) is 12.9. The lowest BCUT2D eigenvalue weighted by atomic mass is 9.88. The number of hydrogen-bond donors (Lipinski definition) is 1. The average molecular weight is 252 g/mol. The SMILES string of the molecule is CC1OC(c2ccncc2[N+](=O)[O-])CC(O)[C@@H]1C. The van der Waals surface area contributed by atoms with E-state index in [1.165, 1.54) is 12.4 Å². The Morgan fingerprint density at radius 2 is 2.28 bits per heavy atom. The van der Waals surface area contributed by atoms with Crippen LogP contribution < -0.4 is 0 Å². The van der Waals surface area contributed by atoms with Gasteiger partial charge in [-0.2, -0.15) is 0 Å². The highest BCUT2D eigenvalue weighted by Gasteiger charge is 2.35. The van der Waals surface area contributed by atoms with Gasteiger partial charge in [0.25, 0.3) is 5.69 Å². The zero-order valence-corrected chi connectivity index (χ0v) is 10.3. The van der Waals surface area contributed by atoms with E-state index >= 15 is 0 Å². The summed E-state index contributed by atoms with van der Waals surface area (Å²) in [4.78, 5) is 14.2. The second-order valence-electron chi connectivity index (χ2n) is 4.68. The molecule has 98 valence electrons. The van der Waals surface area contributed by atoms with Gasteiger partial charge in [0.1, 0.15) is 6.20 Å². The molecule has 2 heterocycles. The minimum atomic E-state index is -0.508. The summed E-state index contributed by atoms with van der Waals surface area (Å²) in [6, 6.07) is 1.58. The zero-order valence-electron chi connectivity index (χ0n) is 10.3. The molecule has 1 aliphatic rings. The predicted molar refractivity (Wildman–Crippen MR) is 64.0 cm³/mol. The van der Waals surface area contributed by atoms with Crippen LogP contribution in [-0.2, 0) is 4.74 Å². The number of aromatic nitrogens is 1. The number of nitro groups is 1. The molecule has 1 aliphatic heterocycles. The Labute approximate surface area is 105 Å². The Morgan fingerprint density at radius 1 is 1.56 bits per heavy atom. The fourth-order valence-electron chi connectivity index (χ4n) is 2.21. The van der Waals surface area contributed by atoms with Gasteiger partial charge in [0.05, 0.1) is 28.8 Å². The maximum Gasteiger partial charge on any atom is 0.293 e. The highest BCUT2D eigenvalue weighted by atomic mass is 16.6. The van der Waals surface area contributed by atoms with E-state index < -0.39 is 17.1 Å². The normalized spacial score (nSPS) is 32.2. The molecule has 0 spiro atoms. The molecule has 6 heteroatoms. The van der Waals surface area contributed by atoms with Crippen LogP contribution in [0.1, 0.15) is 31.9 Å². The lowest BCUT2D eigenvalue weighted by Gasteiger charge is -2.36. The smallest absolute Gasteiger partial charge is 0.293 e. The second-order valence-corrected chi connectivity index (χ2v) is 4.68. The Hall–Kier alpha value is -1.53. The van der Waals surface area contributed by atoms with E-state index in [1.807, 2.05) is 13.8 Å². The van der Waals surface area contributed by atoms with E-state index in [2.05, 4.69) is 4.98 Å². The molecule has 2 rings (SSSR count). The number of nitrogens with zero attached hydrogens (tertiary/aromatic N) is 2. The summed E-state index contributed by atoms with van der Waals surface area (Å²) in [5.74, 6) is 0.0298. The maximum atomic E-state index is 10.9. The zero-order chi connectivity index (χ0) is 13.3. The number of ether oxygens (including phenoxy) is 1. The van der Waals surface area contributed by atoms with Gasteiger partial charge in [-0.1, -0.05) is 6.92 Å². The third-order valence-corrected chi connectivity index (χ3v) is 3.56. The van der Waals surface area contributed by atoms with Crippen molar-refractivity contribution in [2.45, 2.75) is 38.6 Å². The molecule has 0 aromatic carbocycles. The molecule has 1 fully saturated rings. The van der Waals surface area contributed by atoms with E-state index in [0.29, 0.717) is 12.0 Å². The van der Waals surface area contributed by atoms with Crippen molar-refractivity contribution in [3.8, 4) is 0 Å². The number of aliphatic hydroxyl groups is 1. The summed E-state index contributed by atoms with van der Waals surface area (Å²) >= 11 is 0. The number of rotatable bonds is 2. The predicted octanol–water partition coefficient (Wildman–Crippen LogP) is 1.84. The third kappa shape index (κ3) is 2.34. The van der Waals surface area contributed by atoms with Crippen molar-refractivity contribution in [2.24, 2.45) is 5.92 Å². The van der Waals surface area contributed by atoms with Gasteiger partial charge in [-0.25, -0.2) is 0 Å². The second kappa shape index (κ2) is 4.99. The van der Waals surface area contributed by atoms with Gasteiger partial charge in [-0.15, -0.1) is 0 Å². The van der Waals surface area contributed by atoms with Crippen molar-refractivity contribution < 1.29 is 14.8 Å². The van der Waals surface area contributed by atoms with Crippen LogP contribution in [0.4, 0.5) is 5.69 Å². The van der Waals surface area contributed by atoms with Crippen LogP contribution in [-0.4, -0.2) is 27.2 Å². The van der Waals surface area contributed by atoms with Crippen LogP contribution in [0.25, 0.3) is 0 Å². The summed E-state index contributed by atoms with van der Waals surface area (Å²) in [6.45, 7) is 3.78. The Bertz CT molecular complexity index is 439. The first-order chi connectivity index (χ1) is 8.50.